The van der Waals surface area contributed by atoms with Gasteiger partial charge in [0.2, 0.25) is 0 Å². The van der Waals surface area contributed by atoms with Crippen LogP contribution in [-0.2, 0) is 9.31 Å². The second-order valence-electron chi connectivity index (χ2n) is 13.8. The summed E-state index contributed by atoms with van der Waals surface area (Å²) < 4.78 is 12.7. The van der Waals surface area contributed by atoms with Crippen molar-refractivity contribution in [3.63, 3.8) is 0 Å². The molecule has 0 bridgehead atoms. The van der Waals surface area contributed by atoms with Crippen molar-refractivity contribution in [2.75, 3.05) is 0 Å². The predicted molar refractivity (Wildman–Crippen MR) is 207 cm³/mol. The Labute approximate surface area is 291 Å². The normalized spacial score (nSPS) is 19.7. The molecular formula is C46H41BO2. The monoisotopic (exact) mass is 636 g/mol. The summed E-state index contributed by atoms with van der Waals surface area (Å²) in [5.41, 5.74) is 16.6. The van der Waals surface area contributed by atoms with Gasteiger partial charge in [-0.2, -0.15) is 0 Å². The van der Waals surface area contributed by atoms with Crippen LogP contribution in [0.5, 0.6) is 0 Å². The maximum Gasteiger partial charge on any atom is 0.494 e. The van der Waals surface area contributed by atoms with Gasteiger partial charge in [-0.05, 0) is 102 Å². The van der Waals surface area contributed by atoms with Gasteiger partial charge in [-0.1, -0.05) is 152 Å². The van der Waals surface area contributed by atoms with E-state index in [0.717, 1.165) is 44.4 Å². The van der Waals surface area contributed by atoms with E-state index in [1.54, 1.807) is 0 Å². The summed E-state index contributed by atoms with van der Waals surface area (Å²) >= 11 is 0. The lowest BCUT2D eigenvalue weighted by Gasteiger charge is -2.32. The van der Waals surface area contributed by atoms with Crippen molar-refractivity contribution in [1.82, 2.24) is 0 Å². The van der Waals surface area contributed by atoms with Crippen molar-refractivity contribution in [1.29, 1.82) is 0 Å². The fraction of sp³-hybridized carbons (Fsp3) is 0.152. The summed E-state index contributed by atoms with van der Waals surface area (Å²) in [6.45, 7) is 10.5. The van der Waals surface area contributed by atoms with Gasteiger partial charge in [-0.25, -0.2) is 0 Å². The molecule has 1 fully saturated rings. The van der Waals surface area contributed by atoms with Crippen molar-refractivity contribution in [3.8, 4) is 22.3 Å². The van der Waals surface area contributed by atoms with Crippen molar-refractivity contribution in [2.24, 2.45) is 0 Å². The Bertz CT molecular complexity index is 2090. The molecule has 0 radical (unpaired) electrons. The van der Waals surface area contributed by atoms with Gasteiger partial charge in [0.15, 0.2) is 0 Å². The van der Waals surface area contributed by atoms with E-state index < -0.39 is 18.3 Å². The van der Waals surface area contributed by atoms with E-state index in [1.807, 2.05) is 0 Å². The summed E-state index contributed by atoms with van der Waals surface area (Å²) in [4.78, 5) is 0. The highest BCUT2D eigenvalue weighted by atomic mass is 16.7. The van der Waals surface area contributed by atoms with Gasteiger partial charge < -0.3 is 9.31 Å². The largest absolute Gasteiger partial charge is 0.494 e. The molecule has 1 saturated heterocycles. The van der Waals surface area contributed by atoms with Crippen LogP contribution in [0.4, 0.5) is 0 Å². The molecule has 2 aliphatic rings. The van der Waals surface area contributed by atoms with E-state index in [1.165, 1.54) is 22.3 Å². The Kier molecular flexibility index (Phi) is 8.84. The Morgan fingerprint density at radius 3 is 1.49 bits per heavy atom. The molecule has 5 aromatic carbocycles. The van der Waals surface area contributed by atoms with E-state index in [0.29, 0.717) is 0 Å². The first-order valence-electron chi connectivity index (χ1n) is 17.0. The molecule has 5 aromatic rings. The SMILES string of the molecule is CC1=C=C(c2ccc(B3OC(C)(C)C(C)(C)O3)cc2)\C=C(c2ccc(-c3ccccc3)cc2)/C=C/C=C/1c1ccc(-c2ccccc2)cc1. The van der Waals surface area contributed by atoms with Crippen molar-refractivity contribution in [2.45, 2.75) is 45.8 Å². The second-order valence-corrected chi connectivity index (χ2v) is 13.8. The molecule has 49 heavy (non-hydrogen) atoms. The van der Waals surface area contributed by atoms with E-state index >= 15 is 0 Å². The molecule has 7 rings (SSSR count). The minimum absolute atomic E-state index is 0.390. The molecule has 0 spiro atoms. The number of rotatable bonds is 6. The molecule has 0 aromatic heterocycles. The summed E-state index contributed by atoms with van der Waals surface area (Å²) in [6, 6.07) is 47.2. The minimum Gasteiger partial charge on any atom is -0.399 e. The second kappa shape index (κ2) is 13.4. The number of allylic oxidation sites excluding steroid dienone is 7. The number of benzene rings is 5. The summed E-state index contributed by atoms with van der Waals surface area (Å²) in [7, 11) is -0.406. The van der Waals surface area contributed by atoms with Crippen LogP contribution < -0.4 is 5.46 Å². The predicted octanol–water partition coefficient (Wildman–Crippen LogP) is 11.0. The van der Waals surface area contributed by atoms with Crippen molar-refractivity contribution >= 4 is 29.3 Å². The molecule has 0 N–H and O–H groups in total. The first kappa shape index (κ1) is 32.4. The quantitative estimate of drug-likeness (QED) is 0.136. The molecule has 0 saturated carbocycles. The first-order chi connectivity index (χ1) is 23.7. The molecule has 2 nitrogen and oxygen atoms in total. The lowest BCUT2D eigenvalue weighted by molar-refractivity contribution is 0.00578. The topological polar surface area (TPSA) is 18.5 Å². The fourth-order valence-corrected chi connectivity index (χ4v) is 6.29. The molecular weight excluding hydrogens is 595 g/mol. The zero-order valence-electron chi connectivity index (χ0n) is 28.9. The van der Waals surface area contributed by atoms with Crippen LogP contribution in [0, 0.1) is 0 Å². The Balaban J connectivity index is 1.28. The standard InChI is InChI=1S/C46H41BO2/c1-33-31-42(39-27-29-43(30-28-39)47-48-45(2,3)46(4,5)49-47)32-41(38-21-19-36(20-22-38)34-13-8-6-9-14-34)17-12-18-44(33)40-25-23-37(24-26-40)35-15-10-7-11-16-35/h6-30,32H,1-5H3/b17-12+,41-32+,44-18-. The highest BCUT2D eigenvalue weighted by Crippen LogP contribution is 2.37. The molecule has 0 amide bonds. The third-order valence-electron chi connectivity index (χ3n) is 9.94. The van der Waals surface area contributed by atoms with E-state index in [9.17, 15) is 0 Å². The smallest absolute Gasteiger partial charge is 0.399 e. The van der Waals surface area contributed by atoms with Gasteiger partial charge in [0.25, 0.3) is 0 Å². The van der Waals surface area contributed by atoms with E-state index in [-0.39, 0.29) is 0 Å². The van der Waals surface area contributed by atoms with Crippen LogP contribution in [-0.4, -0.2) is 18.3 Å². The van der Waals surface area contributed by atoms with Crippen LogP contribution in [0.25, 0.3) is 39.0 Å². The number of hydrogen-bond acceptors (Lipinski definition) is 2. The van der Waals surface area contributed by atoms with Crippen LogP contribution in [0.2, 0.25) is 0 Å². The lowest BCUT2D eigenvalue weighted by atomic mass is 9.78. The average molecular weight is 637 g/mol. The van der Waals surface area contributed by atoms with Gasteiger partial charge in [-0.15, -0.1) is 5.73 Å². The molecule has 3 heteroatoms. The maximum absolute atomic E-state index is 6.34. The Morgan fingerprint density at radius 2 is 0.959 bits per heavy atom. The summed E-state index contributed by atoms with van der Waals surface area (Å²) in [5, 5.41) is 0. The molecule has 1 heterocycles. The van der Waals surface area contributed by atoms with E-state index in [4.69, 9.17) is 9.31 Å². The van der Waals surface area contributed by atoms with Gasteiger partial charge >= 0.3 is 7.12 Å². The Morgan fingerprint density at radius 1 is 0.510 bits per heavy atom. The molecule has 1 aliphatic carbocycles. The summed E-state index contributed by atoms with van der Waals surface area (Å²) in [5.74, 6) is 0. The van der Waals surface area contributed by atoms with Crippen LogP contribution in [0.15, 0.2) is 169 Å². The van der Waals surface area contributed by atoms with Crippen molar-refractivity contribution in [3.05, 3.63) is 186 Å². The molecule has 1 aliphatic heterocycles. The molecule has 0 unspecified atom stereocenters. The van der Waals surface area contributed by atoms with Gasteiger partial charge in [0.05, 0.1) is 11.2 Å². The van der Waals surface area contributed by atoms with Gasteiger partial charge in [0, 0.05) is 5.57 Å². The average Bonchev–Trinajstić information content (AvgIpc) is 3.40. The zero-order chi connectivity index (χ0) is 34.0. The highest BCUT2D eigenvalue weighted by molar-refractivity contribution is 6.62. The minimum atomic E-state index is -0.406. The molecule has 0 atom stereocenters. The zero-order valence-corrected chi connectivity index (χ0v) is 28.9. The van der Waals surface area contributed by atoms with Crippen LogP contribution in [0.3, 0.4) is 0 Å². The fourth-order valence-electron chi connectivity index (χ4n) is 6.29. The number of hydrogen-bond donors (Lipinski definition) is 0. The first-order valence-corrected chi connectivity index (χ1v) is 17.0. The van der Waals surface area contributed by atoms with Crippen molar-refractivity contribution < 1.29 is 9.31 Å². The van der Waals surface area contributed by atoms with Crippen LogP contribution >= 0.6 is 0 Å². The van der Waals surface area contributed by atoms with Gasteiger partial charge in [-0.3, -0.25) is 0 Å². The Hall–Kier alpha value is -5.18. The highest BCUT2D eigenvalue weighted by Gasteiger charge is 2.51. The molecule has 240 valence electrons. The lowest BCUT2D eigenvalue weighted by Crippen LogP contribution is -2.41. The maximum atomic E-state index is 6.34. The van der Waals surface area contributed by atoms with E-state index in [2.05, 4.69) is 198 Å². The van der Waals surface area contributed by atoms with Crippen LogP contribution in [0.1, 0.15) is 51.3 Å². The third kappa shape index (κ3) is 6.88. The summed E-state index contributed by atoms with van der Waals surface area (Å²) in [6.07, 6.45) is 8.81. The van der Waals surface area contributed by atoms with Gasteiger partial charge in [0.1, 0.15) is 0 Å². The third-order valence-corrected chi connectivity index (χ3v) is 9.94.